The molecule has 0 amide bonds. The third kappa shape index (κ3) is 0.967. The largest absolute Gasteiger partial charge is 0.354 e. The number of aromatic nitrogens is 2. The Morgan fingerprint density at radius 2 is 2.42 bits per heavy atom. The van der Waals surface area contributed by atoms with Crippen LogP contribution in [0.5, 0.6) is 0 Å². The summed E-state index contributed by atoms with van der Waals surface area (Å²) in [6.45, 7) is 2.34. The molecule has 4 heteroatoms. The summed E-state index contributed by atoms with van der Waals surface area (Å²) in [6.07, 6.45) is 1.65. The van der Waals surface area contributed by atoms with Crippen LogP contribution in [0.3, 0.4) is 0 Å². The minimum Gasteiger partial charge on any atom is -0.354 e. The molecule has 2 aromatic heterocycles. The SMILES string of the molecule is Cc1noc2cnc(CN)cc12. The van der Waals surface area contributed by atoms with Gasteiger partial charge in [0.05, 0.1) is 17.6 Å². The molecular weight excluding hydrogens is 154 g/mol. The molecule has 0 aliphatic rings. The van der Waals surface area contributed by atoms with Gasteiger partial charge < -0.3 is 10.3 Å². The van der Waals surface area contributed by atoms with Gasteiger partial charge in [-0.25, -0.2) is 0 Å². The van der Waals surface area contributed by atoms with Crippen LogP contribution in [0.15, 0.2) is 16.8 Å². The van der Waals surface area contributed by atoms with Crippen LogP contribution in [0.4, 0.5) is 0 Å². The number of aryl methyl sites for hydroxylation is 1. The summed E-state index contributed by atoms with van der Waals surface area (Å²) in [6, 6.07) is 1.90. The topological polar surface area (TPSA) is 64.9 Å². The lowest BCUT2D eigenvalue weighted by molar-refractivity contribution is 0.449. The molecule has 0 aliphatic heterocycles. The number of hydrogen-bond acceptors (Lipinski definition) is 4. The Kier molecular flexibility index (Phi) is 1.55. The number of pyridine rings is 1. The first-order valence-corrected chi connectivity index (χ1v) is 3.72. The Morgan fingerprint density at radius 1 is 1.58 bits per heavy atom. The van der Waals surface area contributed by atoms with Crippen LogP contribution in [0.1, 0.15) is 11.4 Å². The molecule has 2 rings (SSSR count). The fourth-order valence-corrected chi connectivity index (χ4v) is 1.12. The second-order valence-corrected chi connectivity index (χ2v) is 2.64. The molecule has 2 heterocycles. The highest BCUT2D eigenvalue weighted by Gasteiger charge is 2.04. The van der Waals surface area contributed by atoms with E-state index in [1.165, 1.54) is 0 Å². The van der Waals surface area contributed by atoms with Gasteiger partial charge in [0.25, 0.3) is 0 Å². The van der Waals surface area contributed by atoms with Gasteiger partial charge in [-0.05, 0) is 13.0 Å². The van der Waals surface area contributed by atoms with Crippen molar-refractivity contribution in [1.29, 1.82) is 0 Å². The van der Waals surface area contributed by atoms with E-state index in [2.05, 4.69) is 10.1 Å². The number of fused-ring (bicyclic) bond motifs is 1. The Hall–Kier alpha value is -1.42. The van der Waals surface area contributed by atoms with E-state index in [1.807, 2.05) is 13.0 Å². The van der Waals surface area contributed by atoms with Gasteiger partial charge in [0.15, 0.2) is 5.58 Å². The van der Waals surface area contributed by atoms with Gasteiger partial charge in [0, 0.05) is 11.9 Å². The van der Waals surface area contributed by atoms with Crippen LogP contribution >= 0.6 is 0 Å². The smallest absolute Gasteiger partial charge is 0.185 e. The van der Waals surface area contributed by atoms with E-state index < -0.39 is 0 Å². The summed E-state index contributed by atoms with van der Waals surface area (Å²) >= 11 is 0. The molecule has 0 atom stereocenters. The average Bonchev–Trinajstić information content (AvgIpc) is 2.47. The second-order valence-electron chi connectivity index (χ2n) is 2.64. The number of rotatable bonds is 1. The molecule has 0 radical (unpaired) electrons. The van der Waals surface area contributed by atoms with E-state index in [1.54, 1.807) is 6.20 Å². The lowest BCUT2D eigenvalue weighted by Crippen LogP contribution is -1.98. The predicted octanol–water partition coefficient (Wildman–Crippen LogP) is 0.990. The molecule has 0 saturated carbocycles. The van der Waals surface area contributed by atoms with E-state index in [0.29, 0.717) is 12.1 Å². The molecule has 12 heavy (non-hydrogen) atoms. The molecule has 2 aromatic rings. The van der Waals surface area contributed by atoms with Crippen molar-refractivity contribution in [3.8, 4) is 0 Å². The summed E-state index contributed by atoms with van der Waals surface area (Å²) in [5.41, 5.74) is 7.89. The molecule has 4 nitrogen and oxygen atoms in total. The van der Waals surface area contributed by atoms with E-state index in [4.69, 9.17) is 10.3 Å². The van der Waals surface area contributed by atoms with E-state index in [9.17, 15) is 0 Å². The maximum absolute atomic E-state index is 5.45. The first kappa shape index (κ1) is 7.24. The van der Waals surface area contributed by atoms with Gasteiger partial charge in [0.2, 0.25) is 0 Å². The zero-order valence-electron chi connectivity index (χ0n) is 6.74. The van der Waals surface area contributed by atoms with Crippen molar-refractivity contribution in [2.24, 2.45) is 5.73 Å². The molecular formula is C8H9N3O. The van der Waals surface area contributed by atoms with Crippen molar-refractivity contribution < 1.29 is 4.52 Å². The van der Waals surface area contributed by atoms with Gasteiger partial charge in [-0.2, -0.15) is 0 Å². The van der Waals surface area contributed by atoms with Crippen LogP contribution in [0.2, 0.25) is 0 Å². The Labute approximate surface area is 69.4 Å². The monoisotopic (exact) mass is 163 g/mol. The minimum atomic E-state index is 0.445. The Morgan fingerprint density at radius 3 is 3.17 bits per heavy atom. The first-order valence-electron chi connectivity index (χ1n) is 3.72. The Bertz CT molecular complexity index is 408. The van der Waals surface area contributed by atoms with Gasteiger partial charge in [-0.1, -0.05) is 5.16 Å². The highest BCUT2D eigenvalue weighted by molar-refractivity contribution is 5.78. The quantitative estimate of drug-likeness (QED) is 0.680. The van der Waals surface area contributed by atoms with Crippen LogP contribution in [0, 0.1) is 6.92 Å². The standard InChI is InChI=1S/C8H9N3O/c1-5-7-2-6(3-9)10-4-8(7)12-11-5/h2,4H,3,9H2,1H3. The predicted molar refractivity (Wildman–Crippen MR) is 44.4 cm³/mol. The molecule has 0 spiro atoms. The molecule has 0 bridgehead atoms. The second kappa shape index (κ2) is 2.57. The highest BCUT2D eigenvalue weighted by Crippen LogP contribution is 2.16. The van der Waals surface area contributed by atoms with Crippen LogP contribution in [-0.4, -0.2) is 10.1 Å². The summed E-state index contributed by atoms with van der Waals surface area (Å²) in [4.78, 5) is 4.08. The van der Waals surface area contributed by atoms with Crippen molar-refractivity contribution in [3.05, 3.63) is 23.7 Å². The molecule has 2 N–H and O–H groups in total. The summed E-state index contributed by atoms with van der Waals surface area (Å²) in [7, 11) is 0. The highest BCUT2D eigenvalue weighted by atomic mass is 16.5. The number of nitrogens with two attached hydrogens (primary N) is 1. The van der Waals surface area contributed by atoms with E-state index >= 15 is 0 Å². The van der Waals surface area contributed by atoms with Gasteiger partial charge in [-0.15, -0.1) is 0 Å². The Balaban J connectivity index is 2.71. The van der Waals surface area contributed by atoms with Crippen LogP contribution in [0.25, 0.3) is 11.0 Å². The molecule has 0 unspecified atom stereocenters. The fraction of sp³-hybridized carbons (Fsp3) is 0.250. The third-order valence-electron chi connectivity index (χ3n) is 1.80. The van der Waals surface area contributed by atoms with Crippen molar-refractivity contribution in [2.75, 3.05) is 0 Å². The van der Waals surface area contributed by atoms with Crippen molar-refractivity contribution in [3.63, 3.8) is 0 Å². The van der Waals surface area contributed by atoms with Crippen molar-refractivity contribution >= 4 is 11.0 Å². The minimum absolute atomic E-state index is 0.445. The van der Waals surface area contributed by atoms with E-state index in [-0.39, 0.29) is 0 Å². The molecule has 0 fully saturated rings. The summed E-state index contributed by atoms with van der Waals surface area (Å²) in [5.74, 6) is 0. The zero-order valence-corrected chi connectivity index (χ0v) is 6.74. The number of hydrogen-bond donors (Lipinski definition) is 1. The normalized spacial score (nSPS) is 10.8. The van der Waals surface area contributed by atoms with Crippen molar-refractivity contribution in [2.45, 2.75) is 13.5 Å². The molecule has 0 aliphatic carbocycles. The lowest BCUT2D eigenvalue weighted by atomic mass is 10.2. The maximum atomic E-state index is 5.45. The zero-order chi connectivity index (χ0) is 8.55. The first-order chi connectivity index (χ1) is 5.81. The van der Waals surface area contributed by atoms with Crippen molar-refractivity contribution in [1.82, 2.24) is 10.1 Å². The van der Waals surface area contributed by atoms with Gasteiger partial charge in [0.1, 0.15) is 0 Å². The molecule has 0 aromatic carbocycles. The van der Waals surface area contributed by atoms with Crippen LogP contribution in [-0.2, 0) is 6.54 Å². The van der Waals surface area contributed by atoms with Gasteiger partial charge >= 0.3 is 0 Å². The average molecular weight is 163 g/mol. The lowest BCUT2D eigenvalue weighted by Gasteiger charge is -1.93. The maximum Gasteiger partial charge on any atom is 0.185 e. The molecule has 0 saturated heterocycles. The summed E-state index contributed by atoms with van der Waals surface area (Å²) < 4.78 is 4.99. The summed E-state index contributed by atoms with van der Waals surface area (Å²) in [5, 5.41) is 4.81. The van der Waals surface area contributed by atoms with Gasteiger partial charge in [-0.3, -0.25) is 4.98 Å². The van der Waals surface area contributed by atoms with Crippen LogP contribution < -0.4 is 5.73 Å². The van der Waals surface area contributed by atoms with E-state index in [0.717, 1.165) is 16.8 Å². The number of nitrogens with zero attached hydrogens (tertiary/aromatic N) is 2. The molecule has 62 valence electrons. The fourth-order valence-electron chi connectivity index (χ4n) is 1.12. The third-order valence-corrected chi connectivity index (χ3v) is 1.80.